The third-order valence-corrected chi connectivity index (χ3v) is 13.5. The summed E-state index contributed by atoms with van der Waals surface area (Å²) < 4.78 is 7.24. The van der Waals surface area contributed by atoms with Gasteiger partial charge < -0.3 is 4.57 Å². The van der Waals surface area contributed by atoms with Gasteiger partial charge in [-0.2, -0.15) is 9.97 Å². The van der Waals surface area contributed by atoms with E-state index in [4.69, 9.17) is 15.0 Å². The fourth-order valence-electron chi connectivity index (χ4n) is 9.54. The first-order valence-corrected chi connectivity index (χ1v) is 22.0. The van der Waals surface area contributed by atoms with Crippen LogP contribution in [0.15, 0.2) is 212 Å². The minimum atomic E-state index is 0.570. The van der Waals surface area contributed by atoms with Crippen molar-refractivity contribution in [2.75, 3.05) is 0 Å². The highest BCUT2D eigenvalue weighted by Crippen LogP contribution is 2.44. The molecule has 0 saturated carbocycles. The van der Waals surface area contributed by atoms with Crippen LogP contribution in [0.2, 0.25) is 0 Å². The van der Waals surface area contributed by atoms with E-state index in [1.807, 2.05) is 29.5 Å². The fourth-order valence-corrected chi connectivity index (χ4v) is 10.6. The Morgan fingerprint density at radius 2 is 0.921 bits per heavy atom. The predicted molar refractivity (Wildman–Crippen MR) is 263 cm³/mol. The molecular formula is C57H35N5S. The van der Waals surface area contributed by atoms with Crippen LogP contribution < -0.4 is 0 Å². The van der Waals surface area contributed by atoms with Crippen molar-refractivity contribution in [2.45, 2.75) is 0 Å². The molecule has 6 heteroatoms. The summed E-state index contributed by atoms with van der Waals surface area (Å²) in [6, 6.07) is 75.7. The second kappa shape index (κ2) is 14.2. The van der Waals surface area contributed by atoms with Crippen molar-refractivity contribution in [1.29, 1.82) is 0 Å². The molecule has 294 valence electrons. The molecule has 0 aliphatic carbocycles. The molecule has 0 fully saturated rings. The van der Waals surface area contributed by atoms with Crippen molar-refractivity contribution in [2.24, 2.45) is 0 Å². The Kier molecular flexibility index (Phi) is 8.01. The molecule has 0 radical (unpaired) electrons. The highest BCUT2D eigenvalue weighted by atomic mass is 32.1. The van der Waals surface area contributed by atoms with Gasteiger partial charge in [-0.1, -0.05) is 164 Å². The summed E-state index contributed by atoms with van der Waals surface area (Å²) in [6.07, 6.45) is 0. The van der Waals surface area contributed by atoms with Gasteiger partial charge in [-0.05, 0) is 65.2 Å². The molecule has 0 N–H and O–H groups in total. The summed E-state index contributed by atoms with van der Waals surface area (Å²) in [6.45, 7) is 0. The van der Waals surface area contributed by atoms with Crippen LogP contribution >= 0.6 is 11.3 Å². The van der Waals surface area contributed by atoms with E-state index >= 15 is 0 Å². The number of benzene rings is 9. The first kappa shape index (κ1) is 35.6. The molecule has 0 saturated heterocycles. The zero-order valence-corrected chi connectivity index (χ0v) is 34.7. The average Bonchev–Trinajstić information content (AvgIpc) is 4.02. The molecule has 0 bridgehead atoms. The molecule has 0 unspecified atom stereocenters. The first-order valence-electron chi connectivity index (χ1n) is 21.2. The fraction of sp³-hybridized carbons (Fsp3) is 0. The van der Waals surface area contributed by atoms with Gasteiger partial charge in [-0.15, -0.1) is 11.3 Å². The molecule has 13 rings (SSSR count). The van der Waals surface area contributed by atoms with Gasteiger partial charge in [0.15, 0.2) is 11.6 Å². The topological polar surface area (TPSA) is 48.5 Å². The highest BCUT2D eigenvalue weighted by Gasteiger charge is 2.24. The molecule has 5 nitrogen and oxygen atoms in total. The smallest absolute Gasteiger partial charge is 0.238 e. The second-order valence-corrected chi connectivity index (χ2v) is 17.1. The number of fused-ring (bicyclic) bond motifs is 10. The molecule has 0 spiro atoms. The zero-order chi connectivity index (χ0) is 41.4. The number of para-hydroxylation sites is 2. The number of thiophene rings is 1. The van der Waals surface area contributed by atoms with Crippen molar-refractivity contribution < 1.29 is 0 Å². The van der Waals surface area contributed by atoms with Crippen LogP contribution in [0.25, 0.3) is 120 Å². The van der Waals surface area contributed by atoms with Crippen LogP contribution in [0.5, 0.6) is 0 Å². The lowest BCUT2D eigenvalue weighted by atomic mass is 9.98. The van der Waals surface area contributed by atoms with E-state index in [1.165, 1.54) is 25.7 Å². The van der Waals surface area contributed by atoms with E-state index in [9.17, 15) is 0 Å². The summed E-state index contributed by atoms with van der Waals surface area (Å²) in [5, 5.41) is 7.00. The largest absolute Gasteiger partial charge is 0.309 e. The number of aromatic nitrogens is 5. The van der Waals surface area contributed by atoms with E-state index in [-0.39, 0.29) is 0 Å². The maximum atomic E-state index is 5.43. The maximum Gasteiger partial charge on any atom is 0.238 e. The molecule has 4 heterocycles. The maximum absolute atomic E-state index is 5.43. The van der Waals surface area contributed by atoms with Crippen molar-refractivity contribution in [3.05, 3.63) is 212 Å². The lowest BCUT2D eigenvalue weighted by Gasteiger charge is -2.16. The van der Waals surface area contributed by atoms with E-state index in [0.29, 0.717) is 17.6 Å². The molecule has 4 aromatic heterocycles. The summed E-state index contributed by atoms with van der Waals surface area (Å²) >= 11 is 1.81. The monoisotopic (exact) mass is 821 g/mol. The van der Waals surface area contributed by atoms with E-state index < -0.39 is 0 Å². The standard InChI is InChI=1S/C57H35N5S/c1-4-16-36(17-5-1)39-28-30-41(37-18-6-2-7-19-37)50(35-39)61-48-26-14-11-24-45(48)53-49(61)32-31-44-42-22-10-13-25-47(42)62(54(44)53)57-59-55(38-20-8-3-9-21-38)58-56(60-57)40-29-33-52-46(34-40)43-23-12-15-27-51(43)63-52/h1-35H. The summed E-state index contributed by atoms with van der Waals surface area (Å²) in [7, 11) is 0. The predicted octanol–water partition coefficient (Wildman–Crippen LogP) is 15.1. The Balaban J connectivity index is 1.13. The van der Waals surface area contributed by atoms with Gasteiger partial charge >= 0.3 is 0 Å². The third-order valence-electron chi connectivity index (χ3n) is 12.4. The van der Waals surface area contributed by atoms with Crippen LogP contribution in [0.4, 0.5) is 0 Å². The molecule has 13 aromatic rings. The number of hydrogen-bond acceptors (Lipinski definition) is 4. The van der Waals surface area contributed by atoms with E-state index in [2.05, 4.69) is 203 Å². The number of nitrogens with zero attached hydrogens (tertiary/aromatic N) is 5. The normalized spacial score (nSPS) is 11.8. The number of hydrogen-bond donors (Lipinski definition) is 0. The van der Waals surface area contributed by atoms with Crippen molar-refractivity contribution >= 4 is 75.1 Å². The Hall–Kier alpha value is -8.19. The lowest BCUT2D eigenvalue weighted by Crippen LogP contribution is -2.06. The minimum Gasteiger partial charge on any atom is -0.309 e. The SMILES string of the molecule is c1ccc(-c2ccc(-c3ccccc3)c(-n3c4ccccc4c4c3ccc3c5ccccc5n(-c5nc(-c6ccccc6)nc(-c6ccc7sc8ccccc8c7c6)n5)c34)c2)cc1. The molecule has 0 aliphatic heterocycles. The van der Waals surface area contributed by atoms with Crippen LogP contribution in [0.3, 0.4) is 0 Å². The average molecular weight is 822 g/mol. The Morgan fingerprint density at radius 3 is 1.68 bits per heavy atom. The summed E-state index contributed by atoms with van der Waals surface area (Å²) in [5.74, 6) is 1.82. The van der Waals surface area contributed by atoms with Gasteiger partial charge in [0, 0.05) is 58.4 Å². The van der Waals surface area contributed by atoms with Gasteiger partial charge in [0.05, 0.1) is 27.8 Å². The molecule has 0 atom stereocenters. The van der Waals surface area contributed by atoms with Gasteiger partial charge in [-0.3, -0.25) is 4.57 Å². The quantitative estimate of drug-likeness (QED) is 0.168. The third kappa shape index (κ3) is 5.66. The molecule has 0 aliphatic rings. The van der Waals surface area contributed by atoms with Crippen molar-refractivity contribution in [3.63, 3.8) is 0 Å². The van der Waals surface area contributed by atoms with Crippen LogP contribution in [0, 0.1) is 0 Å². The number of rotatable bonds is 6. The van der Waals surface area contributed by atoms with E-state index in [1.54, 1.807) is 0 Å². The zero-order valence-electron chi connectivity index (χ0n) is 33.9. The summed E-state index contributed by atoms with van der Waals surface area (Å²) in [4.78, 5) is 16.0. The van der Waals surface area contributed by atoms with Gasteiger partial charge in [-0.25, -0.2) is 4.98 Å². The Labute approximate surface area is 366 Å². The van der Waals surface area contributed by atoms with Crippen molar-refractivity contribution in [3.8, 4) is 56.7 Å². The Bertz CT molecular complexity index is 3900. The summed E-state index contributed by atoms with van der Waals surface area (Å²) in [5.41, 5.74) is 11.9. The van der Waals surface area contributed by atoms with Crippen LogP contribution in [0.1, 0.15) is 0 Å². The first-order chi connectivity index (χ1) is 31.2. The van der Waals surface area contributed by atoms with Gasteiger partial charge in [0.1, 0.15) is 0 Å². The van der Waals surface area contributed by atoms with E-state index in [0.717, 1.165) is 77.1 Å². The van der Waals surface area contributed by atoms with Crippen molar-refractivity contribution in [1.82, 2.24) is 24.1 Å². The molecule has 9 aromatic carbocycles. The van der Waals surface area contributed by atoms with Gasteiger partial charge in [0.25, 0.3) is 0 Å². The molecule has 63 heavy (non-hydrogen) atoms. The second-order valence-electron chi connectivity index (χ2n) is 16.0. The van der Waals surface area contributed by atoms with Crippen LogP contribution in [-0.4, -0.2) is 24.1 Å². The molecular weight excluding hydrogens is 787 g/mol. The lowest BCUT2D eigenvalue weighted by molar-refractivity contribution is 0.955. The highest BCUT2D eigenvalue weighted by molar-refractivity contribution is 7.25. The molecule has 0 amide bonds. The minimum absolute atomic E-state index is 0.570. The van der Waals surface area contributed by atoms with Gasteiger partial charge in [0.2, 0.25) is 5.95 Å². The Morgan fingerprint density at radius 1 is 0.333 bits per heavy atom. The van der Waals surface area contributed by atoms with Crippen LogP contribution in [-0.2, 0) is 0 Å².